The molecule has 0 aromatic rings. The molecule has 0 bridgehead atoms. The Kier molecular flexibility index (Phi) is 3.74. The predicted molar refractivity (Wildman–Crippen MR) is 55.7 cm³/mol. The normalized spacial score (nSPS) is 30.2. The molecule has 2 nitrogen and oxygen atoms in total. The number of hydrogen-bond acceptors (Lipinski definition) is 2. The third-order valence-corrected chi connectivity index (χ3v) is 3.01. The smallest absolute Gasteiger partial charge is 0.119 e. The van der Waals surface area contributed by atoms with Crippen molar-refractivity contribution in [3.8, 4) is 0 Å². The molecule has 1 heterocycles. The van der Waals surface area contributed by atoms with Gasteiger partial charge in [-0.1, -0.05) is 20.8 Å². The first-order chi connectivity index (χ1) is 6.08. The molecule has 0 amide bonds. The Balaban J connectivity index is 2.43. The monoisotopic (exact) mass is 185 g/mol. The molecule has 1 fully saturated rings. The maximum Gasteiger partial charge on any atom is 0.119 e. The molecule has 0 aromatic heterocycles. The van der Waals surface area contributed by atoms with E-state index in [2.05, 4.69) is 32.6 Å². The van der Waals surface area contributed by atoms with Gasteiger partial charge in [-0.3, -0.25) is 4.90 Å². The van der Waals surface area contributed by atoms with Gasteiger partial charge in [0, 0.05) is 6.54 Å². The van der Waals surface area contributed by atoms with Crippen LogP contribution in [-0.2, 0) is 4.74 Å². The Labute approximate surface area is 82.3 Å². The molecule has 13 heavy (non-hydrogen) atoms. The summed E-state index contributed by atoms with van der Waals surface area (Å²) in [5, 5.41) is 0. The van der Waals surface area contributed by atoms with Gasteiger partial charge in [-0.15, -0.1) is 0 Å². The Hall–Kier alpha value is -0.0800. The summed E-state index contributed by atoms with van der Waals surface area (Å²) < 4.78 is 5.82. The quantitative estimate of drug-likeness (QED) is 0.667. The van der Waals surface area contributed by atoms with Crippen molar-refractivity contribution in [1.29, 1.82) is 0 Å². The van der Waals surface area contributed by atoms with Crippen LogP contribution in [0.15, 0.2) is 0 Å². The van der Waals surface area contributed by atoms with Crippen molar-refractivity contribution in [3.05, 3.63) is 0 Å². The van der Waals surface area contributed by atoms with E-state index >= 15 is 0 Å². The Morgan fingerprint density at radius 3 is 2.69 bits per heavy atom. The molecule has 0 N–H and O–H groups in total. The van der Waals surface area contributed by atoms with Gasteiger partial charge in [0.2, 0.25) is 0 Å². The van der Waals surface area contributed by atoms with E-state index in [0.29, 0.717) is 0 Å². The molecule has 0 aliphatic carbocycles. The second-order valence-corrected chi connectivity index (χ2v) is 4.54. The maximum atomic E-state index is 5.82. The van der Waals surface area contributed by atoms with Crippen LogP contribution in [0.2, 0.25) is 0 Å². The number of likely N-dealkylation sites (N-methyl/N-ethyl adjacent to an activating group) is 1. The summed E-state index contributed by atoms with van der Waals surface area (Å²) >= 11 is 0. The van der Waals surface area contributed by atoms with Gasteiger partial charge in [0.15, 0.2) is 0 Å². The fraction of sp³-hybridized carbons (Fsp3) is 1.00. The third-order valence-electron chi connectivity index (χ3n) is 3.01. The largest absolute Gasteiger partial charge is 0.359 e. The van der Waals surface area contributed by atoms with E-state index in [0.717, 1.165) is 25.6 Å². The second-order valence-electron chi connectivity index (χ2n) is 4.54. The van der Waals surface area contributed by atoms with Crippen molar-refractivity contribution in [3.63, 3.8) is 0 Å². The number of ether oxygens (including phenoxy) is 1. The molecule has 0 aromatic carbocycles. The van der Waals surface area contributed by atoms with Crippen LogP contribution >= 0.6 is 0 Å². The fourth-order valence-corrected chi connectivity index (χ4v) is 1.98. The first-order valence-electron chi connectivity index (χ1n) is 5.47. The molecule has 0 spiro atoms. The van der Waals surface area contributed by atoms with E-state index in [1.54, 1.807) is 0 Å². The lowest BCUT2D eigenvalue weighted by Crippen LogP contribution is -2.42. The maximum absolute atomic E-state index is 5.82. The molecular weight excluding hydrogens is 162 g/mol. The highest BCUT2D eigenvalue weighted by atomic mass is 16.5. The summed E-state index contributed by atoms with van der Waals surface area (Å²) in [6.07, 6.45) is 2.42. The van der Waals surface area contributed by atoms with Gasteiger partial charge in [0.25, 0.3) is 0 Å². The van der Waals surface area contributed by atoms with E-state index < -0.39 is 0 Å². The van der Waals surface area contributed by atoms with Crippen LogP contribution in [0, 0.1) is 5.92 Å². The molecule has 0 saturated carbocycles. The minimum absolute atomic E-state index is 0.0268. The third kappa shape index (κ3) is 2.68. The Morgan fingerprint density at radius 1 is 1.46 bits per heavy atom. The summed E-state index contributed by atoms with van der Waals surface area (Å²) in [7, 11) is 0. The van der Waals surface area contributed by atoms with Crippen LogP contribution in [0.5, 0.6) is 0 Å². The highest BCUT2D eigenvalue weighted by Crippen LogP contribution is 2.28. The van der Waals surface area contributed by atoms with Crippen LogP contribution in [0.3, 0.4) is 0 Å². The fourth-order valence-electron chi connectivity index (χ4n) is 1.98. The molecule has 2 heteroatoms. The van der Waals surface area contributed by atoms with Crippen molar-refractivity contribution in [2.24, 2.45) is 5.92 Å². The van der Waals surface area contributed by atoms with Gasteiger partial charge in [-0.2, -0.15) is 0 Å². The van der Waals surface area contributed by atoms with Crippen LogP contribution in [0.25, 0.3) is 0 Å². The zero-order valence-electron chi connectivity index (χ0n) is 9.47. The van der Waals surface area contributed by atoms with Crippen molar-refractivity contribution >= 4 is 0 Å². The van der Waals surface area contributed by atoms with Crippen LogP contribution in [0.1, 0.15) is 40.5 Å². The summed E-state index contributed by atoms with van der Waals surface area (Å²) in [4.78, 5) is 2.44. The molecule has 1 rings (SSSR count). The van der Waals surface area contributed by atoms with E-state index in [1.165, 1.54) is 12.8 Å². The molecule has 1 aliphatic rings. The molecule has 78 valence electrons. The van der Waals surface area contributed by atoms with Crippen molar-refractivity contribution in [2.75, 3.05) is 19.7 Å². The second kappa shape index (κ2) is 4.43. The predicted octanol–water partition coefficient (Wildman–Crippen LogP) is 2.49. The zero-order valence-corrected chi connectivity index (χ0v) is 9.47. The molecule has 1 unspecified atom stereocenters. The minimum Gasteiger partial charge on any atom is -0.359 e. The van der Waals surface area contributed by atoms with Crippen LogP contribution < -0.4 is 0 Å². The topological polar surface area (TPSA) is 12.5 Å². The molecular formula is C11H23NO. The number of rotatable bonds is 4. The Bertz CT molecular complexity index is 158. The number of hydrogen-bond donors (Lipinski definition) is 0. The Morgan fingerprint density at radius 2 is 2.15 bits per heavy atom. The first kappa shape index (κ1) is 11.0. The van der Waals surface area contributed by atoms with E-state index in [1.807, 2.05) is 0 Å². The van der Waals surface area contributed by atoms with Gasteiger partial charge in [-0.25, -0.2) is 0 Å². The summed E-state index contributed by atoms with van der Waals surface area (Å²) in [6.45, 7) is 12.1. The lowest BCUT2D eigenvalue weighted by atomic mass is 10.0. The molecule has 1 atom stereocenters. The highest BCUT2D eigenvalue weighted by molar-refractivity contribution is 4.81. The first-order valence-corrected chi connectivity index (χ1v) is 5.47. The standard InChI is InChI=1S/C11H23NO/c1-5-12-8-9-13-11(12,4)7-6-10(2)3/h10H,5-9H2,1-4H3. The van der Waals surface area contributed by atoms with Gasteiger partial charge in [-0.05, 0) is 32.2 Å². The lowest BCUT2D eigenvalue weighted by molar-refractivity contribution is -0.0735. The van der Waals surface area contributed by atoms with Crippen LogP contribution in [0.4, 0.5) is 0 Å². The van der Waals surface area contributed by atoms with E-state index in [9.17, 15) is 0 Å². The molecule has 0 radical (unpaired) electrons. The molecule has 1 saturated heterocycles. The van der Waals surface area contributed by atoms with Crippen molar-refractivity contribution in [2.45, 2.75) is 46.3 Å². The average Bonchev–Trinajstić information content (AvgIpc) is 2.44. The van der Waals surface area contributed by atoms with Gasteiger partial charge >= 0.3 is 0 Å². The lowest BCUT2D eigenvalue weighted by Gasteiger charge is -2.33. The molecule has 1 aliphatic heterocycles. The summed E-state index contributed by atoms with van der Waals surface area (Å²) in [5.41, 5.74) is 0.0268. The van der Waals surface area contributed by atoms with Gasteiger partial charge in [0.1, 0.15) is 5.72 Å². The van der Waals surface area contributed by atoms with Gasteiger partial charge < -0.3 is 4.74 Å². The summed E-state index contributed by atoms with van der Waals surface area (Å²) in [5.74, 6) is 0.778. The SMILES string of the molecule is CCN1CCOC1(C)CCC(C)C. The van der Waals surface area contributed by atoms with Crippen molar-refractivity contribution < 1.29 is 4.74 Å². The number of nitrogens with zero attached hydrogens (tertiary/aromatic N) is 1. The minimum atomic E-state index is 0.0268. The highest BCUT2D eigenvalue weighted by Gasteiger charge is 2.36. The van der Waals surface area contributed by atoms with E-state index in [4.69, 9.17) is 4.74 Å². The van der Waals surface area contributed by atoms with E-state index in [-0.39, 0.29) is 5.72 Å². The zero-order chi connectivity index (χ0) is 9.90. The van der Waals surface area contributed by atoms with Gasteiger partial charge in [0.05, 0.1) is 6.61 Å². The summed E-state index contributed by atoms with van der Waals surface area (Å²) in [6, 6.07) is 0. The average molecular weight is 185 g/mol. The van der Waals surface area contributed by atoms with Crippen LogP contribution in [-0.4, -0.2) is 30.3 Å². The van der Waals surface area contributed by atoms with Crippen molar-refractivity contribution in [1.82, 2.24) is 4.90 Å².